The standard InChI is InChI=1S/C50H38N4S/c1-3-9-42(10-4-1)53(45-28-30-48-50(32-45)55-49-14-8-7-13-47(49)54(48)43-11-5-2-6-12-43)44-26-23-38(24-27-44)37-17-15-35(16-18-37)36-19-21-39(22-20-36)40-25-29-46-41(31-40)33-51-34-52-46/h1-32,51-52H,33-34H2. The topological polar surface area (TPSA) is 30.5 Å². The number of rotatable bonds is 7. The third-order valence-corrected chi connectivity index (χ3v) is 11.6. The van der Waals surface area contributed by atoms with E-state index in [0.29, 0.717) is 0 Å². The predicted molar refractivity (Wildman–Crippen MR) is 232 cm³/mol. The largest absolute Gasteiger partial charge is 0.372 e. The first-order valence-electron chi connectivity index (χ1n) is 18.8. The molecule has 4 nitrogen and oxygen atoms in total. The van der Waals surface area contributed by atoms with Crippen LogP contribution in [0.5, 0.6) is 0 Å². The molecule has 8 aromatic carbocycles. The second-order valence-electron chi connectivity index (χ2n) is 13.9. The normalized spacial score (nSPS) is 12.9. The average Bonchev–Trinajstić information content (AvgIpc) is 3.26. The molecule has 2 heterocycles. The molecule has 0 saturated heterocycles. The summed E-state index contributed by atoms with van der Waals surface area (Å²) in [5, 5.41) is 6.80. The quantitative estimate of drug-likeness (QED) is 0.171. The maximum atomic E-state index is 3.41. The highest BCUT2D eigenvalue weighted by molar-refractivity contribution is 7.99. The molecule has 2 N–H and O–H groups in total. The van der Waals surface area contributed by atoms with Gasteiger partial charge in [-0.1, -0.05) is 127 Å². The lowest BCUT2D eigenvalue weighted by Crippen LogP contribution is -2.27. The first-order valence-corrected chi connectivity index (χ1v) is 19.6. The molecule has 2 aliphatic heterocycles. The molecule has 264 valence electrons. The second kappa shape index (κ2) is 14.4. The first kappa shape index (κ1) is 33.1. The van der Waals surface area contributed by atoms with Crippen LogP contribution in [0.2, 0.25) is 0 Å². The monoisotopic (exact) mass is 726 g/mol. The fraction of sp³-hybridized carbons (Fsp3) is 0.0400. The first-order chi connectivity index (χ1) is 27.2. The lowest BCUT2D eigenvalue weighted by Gasteiger charge is -2.34. The van der Waals surface area contributed by atoms with Crippen molar-refractivity contribution in [3.05, 3.63) is 200 Å². The van der Waals surface area contributed by atoms with Crippen molar-refractivity contribution >= 4 is 51.6 Å². The van der Waals surface area contributed by atoms with Gasteiger partial charge in [0.25, 0.3) is 0 Å². The Hall–Kier alpha value is -6.53. The summed E-state index contributed by atoms with van der Waals surface area (Å²) in [5.74, 6) is 0. The molecule has 10 rings (SSSR count). The molecule has 0 spiro atoms. The molecule has 0 unspecified atom stereocenters. The number of anilines is 7. The predicted octanol–water partition coefficient (Wildman–Crippen LogP) is 13.6. The highest BCUT2D eigenvalue weighted by Gasteiger charge is 2.26. The smallest absolute Gasteiger partial charge is 0.0655 e. The van der Waals surface area contributed by atoms with Crippen molar-refractivity contribution in [3.8, 4) is 33.4 Å². The average molecular weight is 727 g/mol. The van der Waals surface area contributed by atoms with Crippen LogP contribution in [0, 0.1) is 0 Å². The van der Waals surface area contributed by atoms with Gasteiger partial charge in [-0.05, 0) is 118 Å². The van der Waals surface area contributed by atoms with Crippen molar-refractivity contribution in [2.75, 3.05) is 21.8 Å². The van der Waals surface area contributed by atoms with Gasteiger partial charge in [0.1, 0.15) is 0 Å². The number of para-hydroxylation sites is 3. The van der Waals surface area contributed by atoms with E-state index < -0.39 is 0 Å². The summed E-state index contributed by atoms with van der Waals surface area (Å²) in [6.07, 6.45) is 0. The molecule has 0 amide bonds. The van der Waals surface area contributed by atoms with Crippen molar-refractivity contribution in [2.45, 2.75) is 16.3 Å². The summed E-state index contributed by atoms with van der Waals surface area (Å²) < 4.78 is 0. The molecule has 0 bridgehead atoms. The van der Waals surface area contributed by atoms with Crippen molar-refractivity contribution in [2.24, 2.45) is 0 Å². The minimum Gasteiger partial charge on any atom is -0.372 e. The van der Waals surface area contributed by atoms with Gasteiger partial charge >= 0.3 is 0 Å². The van der Waals surface area contributed by atoms with Gasteiger partial charge in [0, 0.05) is 44.8 Å². The van der Waals surface area contributed by atoms with Crippen molar-refractivity contribution in [1.29, 1.82) is 0 Å². The number of nitrogens with zero attached hydrogens (tertiary/aromatic N) is 2. The highest BCUT2D eigenvalue weighted by atomic mass is 32.2. The molecule has 0 atom stereocenters. The molecule has 0 fully saturated rings. The zero-order valence-corrected chi connectivity index (χ0v) is 31.0. The molecule has 0 saturated carbocycles. The molecule has 5 heteroatoms. The Bertz CT molecular complexity index is 2610. The van der Waals surface area contributed by atoms with Crippen LogP contribution in [0.25, 0.3) is 33.4 Å². The fourth-order valence-corrected chi connectivity index (χ4v) is 8.82. The number of nitrogens with one attached hydrogen (secondary N) is 2. The molecular formula is C50H38N4S. The maximum absolute atomic E-state index is 3.41. The third-order valence-electron chi connectivity index (χ3n) is 10.5. The Balaban J connectivity index is 0.923. The highest BCUT2D eigenvalue weighted by Crippen LogP contribution is 2.53. The number of fused-ring (bicyclic) bond motifs is 3. The van der Waals surface area contributed by atoms with Crippen molar-refractivity contribution in [1.82, 2.24) is 5.32 Å². The van der Waals surface area contributed by atoms with E-state index >= 15 is 0 Å². The molecule has 0 aromatic heterocycles. The molecule has 2 aliphatic rings. The summed E-state index contributed by atoms with van der Waals surface area (Å²) >= 11 is 1.83. The van der Waals surface area contributed by atoms with E-state index in [1.54, 1.807) is 0 Å². The Morgan fingerprint density at radius 2 is 0.964 bits per heavy atom. The molecule has 0 radical (unpaired) electrons. The zero-order valence-electron chi connectivity index (χ0n) is 30.2. The van der Waals surface area contributed by atoms with E-state index in [4.69, 9.17) is 0 Å². The Morgan fingerprint density at radius 1 is 0.436 bits per heavy atom. The summed E-state index contributed by atoms with van der Waals surface area (Å²) in [6, 6.07) is 70.3. The van der Waals surface area contributed by atoms with E-state index in [1.165, 1.54) is 65.8 Å². The van der Waals surface area contributed by atoms with Gasteiger partial charge in [-0.15, -0.1) is 0 Å². The Labute approximate surface area is 326 Å². The molecule has 0 aliphatic carbocycles. The zero-order chi connectivity index (χ0) is 36.6. The van der Waals surface area contributed by atoms with Gasteiger partial charge in [-0.2, -0.15) is 0 Å². The van der Waals surface area contributed by atoms with E-state index in [1.807, 2.05) is 11.8 Å². The second-order valence-corrected chi connectivity index (χ2v) is 15.0. The SMILES string of the molecule is c1ccc(N(c2ccc(-c3ccc(-c4ccc(-c5ccc6c(c5)CNCN6)cc4)cc3)cc2)c2ccc3c(c2)Sc2ccccc2N3c2ccccc2)cc1. The van der Waals surface area contributed by atoms with Crippen LogP contribution >= 0.6 is 11.8 Å². The maximum Gasteiger partial charge on any atom is 0.0655 e. The fourth-order valence-electron chi connectivity index (χ4n) is 7.72. The van der Waals surface area contributed by atoms with Gasteiger partial charge in [-0.3, -0.25) is 5.32 Å². The van der Waals surface area contributed by atoms with Crippen LogP contribution in [0.3, 0.4) is 0 Å². The van der Waals surface area contributed by atoms with E-state index in [9.17, 15) is 0 Å². The van der Waals surface area contributed by atoms with Crippen LogP contribution in [-0.2, 0) is 6.54 Å². The van der Waals surface area contributed by atoms with Crippen molar-refractivity contribution < 1.29 is 0 Å². The lowest BCUT2D eigenvalue weighted by molar-refractivity contribution is 0.710. The van der Waals surface area contributed by atoms with E-state index in [-0.39, 0.29) is 0 Å². The van der Waals surface area contributed by atoms with Crippen LogP contribution in [0.15, 0.2) is 204 Å². The van der Waals surface area contributed by atoms with Crippen LogP contribution in [-0.4, -0.2) is 6.67 Å². The number of benzene rings is 8. The third kappa shape index (κ3) is 6.44. The minimum absolute atomic E-state index is 0.818. The Kier molecular flexibility index (Phi) is 8.64. The molecular weight excluding hydrogens is 689 g/mol. The molecule has 55 heavy (non-hydrogen) atoms. The van der Waals surface area contributed by atoms with Gasteiger partial charge in [0.2, 0.25) is 0 Å². The number of hydrogen-bond acceptors (Lipinski definition) is 5. The van der Waals surface area contributed by atoms with Gasteiger partial charge < -0.3 is 15.1 Å². The van der Waals surface area contributed by atoms with Crippen molar-refractivity contribution in [3.63, 3.8) is 0 Å². The van der Waals surface area contributed by atoms with E-state index in [2.05, 4.69) is 215 Å². The van der Waals surface area contributed by atoms with E-state index in [0.717, 1.165) is 36.0 Å². The van der Waals surface area contributed by atoms with Crippen LogP contribution in [0.1, 0.15) is 5.56 Å². The van der Waals surface area contributed by atoms with Crippen LogP contribution < -0.4 is 20.4 Å². The van der Waals surface area contributed by atoms with Gasteiger partial charge in [-0.25, -0.2) is 0 Å². The van der Waals surface area contributed by atoms with Crippen LogP contribution in [0.4, 0.5) is 39.8 Å². The number of hydrogen-bond donors (Lipinski definition) is 2. The summed E-state index contributed by atoms with van der Waals surface area (Å²) in [6.45, 7) is 1.71. The summed E-state index contributed by atoms with van der Waals surface area (Å²) in [7, 11) is 0. The minimum atomic E-state index is 0.818. The lowest BCUT2D eigenvalue weighted by atomic mass is 9.97. The summed E-state index contributed by atoms with van der Waals surface area (Å²) in [4.78, 5) is 7.19. The summed E-state index contributed by atoms with van der Waals surface area (Å²) in [5.41, 5.74) is 16.7. The van der Waals surface area contributed by atoms with Gasteiger partial charge in [0.15, 0.2) is 0 Å². The Morgan fingerprint density at radius 3 is 1.65 bits per heavy atom. The van der Waals surface area contributed by atoms with Gasteiger partial charge in [0.05, 0.1) is 18.0 Å². The molecule has 8 aromatic rings.